The lowest BCUT2D eigenvalue weighted by Gasteiger charge is -2.16. The molecule has 0 aliphatic carbocycles. The van der Waals surface area contributed by atoms with E-state index in [4.69, 9.17) is 16.3 Å². The number of amides is 2. The van der Waals surface area contributed by atoms with Crippen LogP contribution in [0.5, 0.6) is 5.75 Å². The summed E-state index contributed by atoms with van der Waals surface area (Å²) in [7, 11) is 3.32. The van der Waals surface area contributed by atoms with Gasteiger partial charge in [-0.3, -0.25) is 9.59 Å². The third-order valence-electron chi connectivity index (χ3n) is 4.30. The Morgan fingerprint density at radius 1 is 1.00 bits per heavy atom. The zero-order valence-corrected chi connectivity index (χ0v) is 17.7. The number of rotatable bonds is 7. The molecule has 2 aromatic carbocycles. The summed E-state index contributed by atoms with van der Waals surface area (Å²) >= 11 is 5.98. The van der Waals surface area contributed by atoms with Crippen LogP contribution in [0.25, 0.3) is 0 Å². The predicted molar refractivity (Wildman–Crippen MR) is 113 cm³/mol. The fourth-order valence-electron chi connectivity index (χ4n) is 3.14. The van der Waals surface area contributed by atoms with E-state index in [-0.39, 0.29) is 24.9 Å². The number of nitrogens with one attached hydrogen (secondary N) is 3. The van der Waals surface area contributed by atoms with Gasteiger partial charge in [0.2, 0.25) is 0 Å². The van der Waals surface area contributed by atoms with Crippen molar-refractivity contribution in [2.75, 3.05) is 37.9 Å². The zero-order valence-electron chi connectivity index (χ0n) is 16.9. The van der Waals surface area contributed by atoms with E-state index in [1.165, 1.54) is 7.11 Å². The molecule has 0 radical (unpaired) electrons. The highest BCUT2D eigenvalue weighted by molar-refractivity contribution is 6.31. The summed E-state index contributed by atoms with van der Waals surface area (Å²) < 4.78 is 5.22. The predicted octanol–water partition coefficient (Wildman–Crippen LogP) is 2.37. The highest BCUT2D eigenvalue weighted by Crippen LogP contribution is 2.27. The second-order valence-corrected chi connectivity index (χ2v) is 7.46. The van der Waals surface area contributed by atoms with E-state index in [0.717, 1.165) is 27.3 Å². The number of hydrogen-bond acceptors (Lipinski definition) is 3. The molecule has 0 heterocycles. The Balaban J connectivity index is 1.93. The summed E-state index contributed by atoms with van der Waals surface area (Å²) in [6, 6.07) is 9.07. The second-order valence-electron chi connectivity index (χ2n) is 7.03. The van der Waals surface area contributed by atoms with Crippen molar-refractivity contribution in [3.05, 3.63) is 52.0 Å². The number of hydrogen-bond donors (Lipinski definition) is 3. The lowest BCUT2D eigenvalue weighted by molar-refractivity contribution is -0.862. The average molecular weight is 405 g/mol. The van der Waals surface area contributed by atoms with Crippen LogP contribution in [0.3, 0.4) is 0 Å². The van der Waals surface area contributed by atoms with Crippen molar-refractivity contribution in [3.8, 4) is 5.75 Å². The maximum Gasteiger partial charge on any atom is 0.279 e. The number of methoxy groups -OCH3 is 1. The van der Waals surface area contributed by atoms with Crippen LogP contribution >= 0.6 is 11.6 Å². The van der Waals surface area contributed by atoms with Crippen LogP contribution in [0.1, 0.15) is 16.7 Å². The van der Waals surface area contributed by atoms with E-state index in [1.807, 2.05) is 32.9 Å². The molecule has 0 spiro atoms. The van der Waals surface area contributed by atoms with E-state index < -0.39 is 0 Å². The second kappa shape index (κ2) is 9.57. The molecule has 2 rings (SSSR count). The topological polar surface area (TPSA) is 71.9 Å². The largest absolute Gasteiger partial charge is 0.495 e. The lowest BCUT2D eigenvalue weighted by atomic mass is 10.1. The third-order valence-corrected chi connectivity index (χ3v) is 4.54. The van der Waals surface area contributed by atoms with Gasteiger partial charge in [-0.1, -0.05) is 29.3 Å². The first-order valence-corrected chi connectivity index (χ1v) is 9.39. The molecule has 0 bridgehead atoms. The van der Waals surface area contributed by atoms with Gasteiger partial charge in [-0.15, -0.1) is 0 Å². The van der Waals surface area contributed by atoms with E-state index in [2.05, 4.69) is 10.6 Å². The van der Waals surface area contributed by atoms with Crippen LogP contribution in [0.4, 0.5) is 11.4 Å². The number of ether oxygens (including phenoxy) is 1. The lowest BCUT2D eigenvalue weighted by Crippen LogP contribution is -3.11. The number of benzene rings is 2. The minimum Gasteiger partial charge on any atom is -0.495 e. The van der Waals surface area contributed by atoms with E-state index in [0.29, 0.717) is 16.5 Å². The standard InChI is InChI=1S/C21H26ClN3O3/c1-13-8-14(2)21(15(3)9-13)24-20(27)12-25(4)11-19(26)23-17-10-16(22)6-7-18(17)28-5/h6-10H,11-12H2,1-5H3,(H,23,26)(H,24,27)/p+1. The third kappa shape index (κ3) is 5.97. The van der Waals surface area contributed by atoms with Crippen molar-refractivity contribution >= 4 is 34.8 Å². The summed E-state index contributed by atoms with van der Waals surface area (Å²) in [5.41, 5.74) is 4.53. The fraction of sp³-hybridized carbons (Fsp3) is 0.333. The fourth-order valence-corrected chi connectivity index (χ4v) is 3.32. The smallest absolute Gasteiger partial charge is 0.279 e. The summed E-state index contributed by atoms with van der Waals surface area (Å²) in [6.45, 7) is 6.27. The molecule has 0 aliphatic heterocycles. The molecule has 0 aliphatic rings. The Morgan fingerprint density at radius 3 is 2.14 bits per heavy atom. The van der Waals surface area contributed by atoms with Crippen molar-refractivity contribution in [1.29, 1.82) is 0 Å². The molecule has 150 valence electrons. The minimum absolute atomic E-state index is 0.134. The van der Waals surface area contributed by atoms with Crippen molar-refractivity contribution < 1.29 is 19.2 Å². The highest BCUT2D eigenvalue weighted by atomic mass is 35.5. The van der Waals surface area contributed by atoms with Gasteiger partial charge in [0.05, 0.1) is 19.8 Å². The SMILES string of the molecule is COc1ccc(Cl)cc1NC(=O)C[NH+](C)CC(=O)Nc1c(C)cc(C)cc1C. The first kappa shape index (κ1) is 21.7. The van der Waals surface area contributed by atoms with Crippen LogP contribution in [0.15, 0.2) is 30.3 Å². The molecule has 3 N–H and O–H groups in total. The maximum atomic E-state index is 12.4. The van der Waals surface area contributed by atoms with E-state index in [1.54, 1.807) is 25.2 Å². The molecular formula is C21H27ClN3O3+. The van der Waals surface area contributed by atoms with Gasteiger partial charge in [0.1, 0.15) is 5.75 Å². The van der Waals surface area contributed by atoms with Gasteiger partial charge in [-0.2, -0.15) is 0 Å². The van der Waals surface area contributed by atoms with Gasteiger partial charge in [0.15, 0.2) is 13.1 Å². The molecule has 0 aromatic heterocycles. The Bertz CT molecular complexity index is 860. The summed E-state index contributed by atoms with van der Waals surface area (Å²) in [4.78, 5) is 25.5. The maximum absolute atomic E-state index is 12.4. The highest BCUT2D eigenvalue weighted by Gasteiger charge is 2.17. The van der Waals surface area contributed by atoms with Gasteiger partial charge in [0.25, 0.3) is 11.8 Å². The first-order valence-electron chi connectivity index (χ1n) is 9.02. The molecule has 1 unspecified atom stereocenters. The first-order chi connectivity index (χ1) is 13.2. The number of halogens is 1. The molecular weight excluding hydrogens is 378 g/mol. The number of likely N-dealkylation sites (N-methyl/N-ethyl adjacent to an activating group) is 1. The van der Waals surface area contributed by atoms with Gasteiger partial charge in [-0.25, -0.2) is 0 Å². The summed E-state index contributed by atoms with van der Waals surface area (Å²) in [5.74, 6) is 0.160. The van der Waals surface area contributed by atoms with Gasteiger partial charge < -0.3 is 20.3 Å². The van der Waals surface area contributed by atoms with Gasteiger partial charge >= 0.3 is 0 Å². The van der Waals surface area contributed by atoms with Crippen LogP contribution in [0.2, 0.25) is 5.02 Å². The molecule has 2 amide bonds. The number of quaternary nitrogens is 1. The Kier molecular flexibility index (Phi) is 7.43. The molecule has 0 saturated heterocycles. The van der Waals surface area contributed by atoms with Crippen molar-refractivity contribution in [2.45, 2.75) is 20.8 Å². The number of carbonyl (C=O) groups is 2. The molecule has 2 aromatic rings. The molecule has 7 heteroatoms. The molecule has 1 atom stereocenters. The van der Waals surface area contributed by atoms with Crippen LogP contribution in [-0.2, 0) is 9.59 Å². The zero-order chi connectivity index (χ0) is 20.8. The van der Waals surface area contributed by atoms with Crippen LogP contribution in [-0.4, -0.2) is 39.1 Å². The quantitative estimate of drug-likeness (QED) is 0.663. The van der Waals surface area contributed by atoms with E-state index in [9.17, 15) is 9.59 Å². The monoisotopic (exact) mass is 404 g/mol. The van der Waals surface area contributed by atoms with Gasteiger partial charge in [-0.05, 0) is 50.1 Å². The van der Waals surface area contributed by atoms with Crippen molar-refractivity contribution in [2.24, 2.45) is 0 Å². The minimum atomic E-state index is -0.228. The summed E-state index contributed by atoms with van der Waals surface area (Å²) in [5, 5.41) is 6.24. The molecule has 6 nitrogen and oxygen atoms in total. The molecule has 28 heavy (non-hydrogen) atoms. The molecule has 0 fully saturated rings. The Hall–Kier alpha value is -2.57. The van der Waals surface area contributed by atoms with Crippen LogP contribution < -0.4 is 20.3 Å². The van der Waals surface area contributed by atoms with E-state index >= 15 is 0 Å². The van der Waals surface area contributed by atoms with Crippen molar-refractivity contribution in [1.82, 2.24) is 0 Å². The number of carbonyl (C=O) groups excluding carboxylic acids is 2. The Labute approximate surface area is 170 Å². The summed E-state index contributed by atoms with van der Waals surface area (Å²) in [6.07, 6.45) is 0. The van der Waals surface area contributed by atoms with Gasteiger partial charge in [0, 0.05) is 10.7 Å². The average Bonchev–Trinajstić information content (AvgIpc) is 2.58. The number of aryl methyl sites for hydroxylation is 3. The Morgan fingerprint density at radius 2 is 1.57 bits per heavy atom. The number of anilines is 2. The normalized spacial score (nSPS) is 11.6. The van der Waals surface area contributed by atoms with Crippen LogP contribution in [0, 0.1) is 20.8 Å². The van der Waals surface area contributed by atoms with Crippen molar-refractivity contribution in [3.63, 3.8) is 0 Å². The molecule has 0 saturated carbocycles.